The van der Waals surface area contributed by atoms with Crippen LogP contribution in [0.1, 0.15) is 37.4 Å². The quantitative estimate of drug-likeness (QED) is 0.897. The normalized spacial score (nSPS) is 31.5. The molecular weight excluding hydrogens is 289 g/mol. The number of amides is 1. The van der Waals surface area contributed by atoms with Gasteiger partial charge in [-0.2, -0.15) is 0 Å². The fourth-order valence-electron chi connectivity index (χ4n) is 4.32. The minimum absolute atomic E-state index is 0.316. The molecule has 0 saturated carbocycles. The van der Waals surface area contributed by atoms with Gasteiger partial charge in [0, 0.05) is 7.11 Å². The second kappa shape index (κ2) is 5.21. The molecule has 2 aliphatic rings. The molecule has 22 heavy (non-hydrogen) atoms. The lowest BCUT2D eigenvalue weighted by atomic mass is 9.77. The maximum Gasteiger partial charge on any atom is 0.408 e. The Morgan fingerprint density at radius 3 is 2.64 bits per heavy atom. The van der Waals surface area contributed by atoms with E-state index in [1.165, 1.54) is 23.1 Å². The molecule has 2 fully saturated rings. The molecule has 120 valence electrons. The van der Waals surface area contributed by atoms with Crippen molar-refractivity contribution in [2.75, 3.05) is 13.7 Å². The second-order valence-corrected chi connectivity index (χ2v) is 6.34. The van der Waals surface area contributed by atoms with E-state index in [1.54, 1.807) is 13.2 Å². The molecule has 0 aliphatic carbocycles. The van der Waals surface area contributed by atoms with Crippen LogP contribution in [0.5, 0.6) is 0 Å². The van der Waals surface area contributed by atoms with Gasteiger partial charge in [0.2, 0.25) is 0 Å². The van der Waals surface area contributed by atoms with Crippen molar-refractivity contribution in [2.45, 2.75) is 42.9 Å². The predicted octanol–water partition coefficient (Wildman–Crippen LogP) is 2.55. The van der Waals surface area contributed by atoms with Gasteiger partial charge in [0.1, 0.15) is 11.9 Å². The molecule has 2 heterocycles. The largest absolute Gasteiger partial charge is 0.465 e. The van der Waals surface area contributed by atoms with Gasteiger partial charge in [0.15, 0.2) is 0 Å². The number of benzene rings is 1. The van der Waals surface area contributed by atoms with Crippen LogP contribution in [0, 0.1) is 5.82 Å². The Morgan fingerprint density at radius 1 is 1.41 bits per heavy atom. The van der Waals surface area contributed by atoms with Crippen LogP contribution in [-0.2, 0) is 4.74 Å². The molecule has 0 aromatic heterocycles. The molecule has 1 aromatic carbocycles. The number of ether oxygens (including phenoxy) is 1. The van der Waals surface area contributed by atoms with Crippen LogP contribution in [0.3, 0.4) is 0 Å². The Bertz CT molecular complexity index is 583. The lowest BCUT2D eigenvalue weighted by molar-refractivity contribution is -0.0180. The van der Waals surface area contributed by atoms with Crippen LogP contribution in [0.25, 0.3) is 0 Å². The molecule has 2 aliphatic heterocycles. The van der Waals surface area contributed by atoms with Crippen LogP contribution in [0.15, 0.2) is 24.3 Å². The molecule has 2 bridgehead atoms. The van der Waals surface area contributed by atoms with Gasteiger partial charge >= 0.3 is 6.09 Å². The Kier molecular flexibility index (Phi) is 3.61. The van der Waals surface area contributed by atoms with Crippen molar-refractivity contribution in [3.63, 3.8) is 0 Å². The molecule has 1 amide bonds. The zero-order valence-electron chi connectivity index (χ0n) is 12.5. The summed E-state index contributed by atoms with van der Waals surface area (Å²) in [6.07, 6.45) is 0.322. The molecule has 1 atom stereocenters. The van der Waals surface area contributed by atoms with Gasteiger partial charge in [-0.15, -0.1) is 0 Å². The monoisotopic (exact) mass is 309 g/mol. The fraction of sp³-hybridized carbons (Fsp3) is 0.562. The van der Waals surface area contributed by atoms with Crippen LogP contribution in [0.4, 0.5) is 9.18 Å². The van der Waals surface area contributed by atoms with Crippen LogP contribution >= 0.6 is 0 Å². The van der Waals surface area contributed by atoms with E-state index in [0.717, 1.165) is 0 Å². The summed E-state index contributed by atoms with van der Waals surface area (Å²) < 4.78 is 18.7. The Hall–Kier alpha value is -1.66. The number of aliphatic hydroxyl groups is 1. The van der Waals surface area contributed by atoms with E-state index in [4.69, 9.17) is 4.74 Å². The first-order chi connectivity index (χ1) is 10.4. The number of nitrogens with zero attached hydrogens (tertiary/aromatic N) is 1. The molecule has 1 aromatic rings. The first-order valence-corrected chi connectivity index (χ1v) is 7.41. The molecule has 0 radical (unpaired) electrons. The highest BCUT2D eigenvalue weighted by atomic mass is 19.1. The van der Waals surface area contributed by atoms with Crippen LogP contribution < -0.4 is 0 Å². The topological polar surface area (TPSA) is 70.0 Å². The number of hydrogen-bond donors (Lipinski definition) is 2. The van der Waals surface area contributed by atoms with Gasteiger partial charge in [0.25, 0.3) is 0 Å². The predicted molar refractivity (Wildman–Crippen MR) is 77.0 cm³/mol. The average Bonchev–Trinajstić information content (AvgIpc) is 2.98. The van der Waals surface area contributed by atoms with Gasteiger partial charge < -0.3 is 14.9 Å². The van der Waals surface area contributed by atoms with Crippen molar-refractivity contribution in [3.8, 4) is 0 Å². The van der Waals surface area contributed by atoms with Crippen LogP contribution in [-0.4, -0.2) is 46.0 Å². The zero-order valence-corrected chi connectivity index (χ0v) is 12.5. The lowest BCUT2D eigenvalue weighted by Crippen LogP contribution is -2.54. The smallest absolute Gasteiger partial charge is 0.408 e. The van der Waals surface area contributed by atoms with Gasteiger partial charge in [-0.1, -0.05) is 12.1 Å². The highest BCUT2D eigenvalue weighted by molar-refractivity contribution is 5.69. The number of methoxy groups -OCH3 is 1. The zero-order chi connectivity index (χ0) is 16.0. The third-order valence-electron chi connectivity index (χ3n) is 5.24. The number of aliphatic hydroxyl groups excluding tert-OH is 1. The molecule has 5 nitrogen and oxygen atoms in total. The van der Waals surface area contributed by atoms with E-state index in [2.05, 4.69) is 0 Å². The van der Waals surface area contributed by atoms with Gasteiger partial charge in [0.05, 0.1) is 17.7 Å². The Balaban J connectivity index is 2.00. The molecule has 2 saturated heterocycles. The van der Waals surface area contributed by atoms with E-state index < -0.39 is 29.1 Å². The maximum absolute atomic E-state index is 13.4. The van der Waals surface area contributed by atoms with Gasteiger partial charge in [-0.05, 0) is 43.4 Å². The maximum atomic E-state index is 13.4. The molecule has 3 rings (SSSR count). The molecule has 2 N–H and O–H groups in total. The summed E-state index contributed by atoms with van der Waals surface area (Å²) in [6, 6.07) is 5.74. The number of hydrogen-bond acceptors (Lipinski definition) is 3. The number of carboxylic acid groups (broad SMARTS) is 1. The van der Waals surface area contributed by atoms with E-state index in [-0.39, 0.29) is 0 Å². The summed E-state index contributed by atoms with van der Waals surface area (Å²) in [5.41, 5.74) is -1.05. The van der Waals surface area contributed by atoms with E-state index in [0.29, 0.717) is 37.9 Å². The molecular formula is C16H20FNO4. The van der Waals surface area contributed by atoms with Gasteiger partial charge in [-0.3, -0.25) is 4.90 Å². The van der Waals surface area contributed by atoms with Crippen molar-refractivity contribution < 1.29 is 24.1 Å². The van der Waals surface area contributed by atoms with Gasteiger partial charge in [-0.25, -0.2) is 9.18 Å². The number of fused-ring (bicyclic) bond motifs is 2. The SMILES string of the molecule is COCC12CCC([C@@H](O)c3cccc(F)c3)(CC1)N2C(=O)O. The highest BCUT2D eigenvalue weighted by Crippen LogP contribution is 2.58. The van der Waals surface area contributed by atoms with Crippen LogP contribution in [0.2, 0.25) is 0 Å². The Labute approximate surface area is 128 Å². The summed E-state index contributed by atoms with van der Waals surface area (Å²) >= 11 is 0. The number of rotatable bonds is 4. The van der Waals surface area contributed by atoms with E-state index in [1.807, 2.05) is 0 Å². The third-order valence-corrected chi connectivity index (χ3v) is 5.24. The third kappa shape index (κ3) is 2.01. The van der Waals surface area contributed by atoms with Crippen molar-refractivity contribution in [1.82, 2.24) is 4.90 Å². The summed E-state index contributed by atoms with van der Waals surface area (Å²) in [5.74, 6) is -0.436. The second-order valence-electron chi connectivity index (χ2n) is 6.34. The van der Waals surface area contributed by atoms with Crippen molar-refractivity contribution in [3.05, 3.63) is 35.6 Å². The van der Waals surface area contributed by atoms with Crippen molar-refractivity contribution in [1.29, 1.82) is 0 Å². The van der Waals surface area contributed by atoms with Crippen molar-refractivity contribution >= 4 is 6.09 Å². The lowest BCUT2D eigenvalue weighted by Gasteiger charge is -2.40. The van der Waals surface area contributed by atoms with Crippen molar-refractivity contribution in [2.24, 2.45) is 0 Å². The van der Waals surface area contributed by atoms with E-state index >= 15 is 0 Å². The fourth-order valence-corrected chi connectivity index (χ4v) is 4.32. The standard InChI is InChI=1S/C16H20FNO4/c1-22-10-15-5-7-16(8-6-15,18(15)14(20)21)13(19)11-3-2-4-12(17)9-11/h2-4,9,13,19H,5-8,10H2,1H3,(H,20,21)/t13-,15?,16?/m0/s1. The summed E-state index contributed by atoms with van der Waals surface area (Å²) in [4.78, 5) is 13.2. The summed E-state index contributed by atoms with van der Waals surface area (Å²) in [6.45, 7) is 0.316. The Morgan fingerprint density at radius 2 is 2.09 bits per heavy atom. The summed E-state index contributed by atoms with van der Waals surface area (Å²) in [7, 11) is 1.55. The minimum Gasteiger partial charge on any atom is -0.465 e. The number of carbonyl (C=O) groups is 1. The molecule has 0 unspecified atom stereocenters. The first kappa shape index (κ1) is 15.2. The number of halogens is 1. The first-order valence-electron chi connectivity index (χ1n) is 7.41. The molecule has 6 heteroatoms. The minimum atomic E-state index is -1.05. The average molecular weight is 309 g/mol. The summed E-state index contributed by atoms with van der Waals surface area (Å²) in [5, 5.41) is 20.5. The highest BCUT2D eigenvalue weighted by Gasteiger charge is 2.65. The molecule has 0 spiro atoms. The van der Waals surface area contributed by atoms with E-state index in [9.17, 15) is 19.4 Å².